The molecule has 7 aromatic carbocycles. The Kier molecular flexibility index (Phi) is 6.73. The Morgan fingerprint density at radius 2 is 0.907 bits per heavy atom. The summed E-state index contributed by atoms with van der Waals surface area (Å²) >= 11 is 0. The number of fused-ring (bicyclic) bond motifs is 10. The summed E-state index contributed by atoms with van der Waals surface area (Å²) in [4.78, 5) is 15.0. The number of hydrogen-bond donors (Lipinski definition) is 0. The molecule has 4 heteroatoms. The molecule has 0 N–H and O–H groups in total. The van der Waals surface area contributed by atoms with Crippen LogP contribution in [-0.2, 0) is 5.41 Å². The van der Waals surface area contributed by atoms with Crippen molar-refractivity contribution in [2.75, 3.05) is 0 Å². The van der Waals surface area contributed by atoms with Crippen molar-refractivity contribution in [3.8, 4) is 67.7 Å². The van der Waals surface area contributed by atoms with E-state index in [1.165, 1.54) is 22.3 Å². The summed E-state index contributed by atoms with van der Waals surface area (Å²) in [6.07, 6.45) is 3.79. The summed E-state index contributed by atoms with van der Waals surface area (Å²) in [7, 11) is 0. The average molecular weight is 690 g/mol. The number of hydrogen-bond acceptors (Lipinski definition) is 4. The maximum Gasteiger partial charge on any atom is 0.164 e. The van der Waals surface area contributed by atoms with Gasteiger partial charge in [-0.05, 0) is 51.4 Å². The number of benzene rings is 7. The molecule has 0 radical (unpaired) electrons. The van der Waals surface area contributed by atoms with Crippen molar-refractivity contribution in [1.29, 1.82) is 0 Å². The largest absolute Gasteiger partial charge is 0.455 e. The molecule has 3 heterocycles. The number of para-hydroxylation sites is 2. The summed E-state index contributed by atoms with van der Waals surface area (Å²) < 4.78 is 7.41. The zero-order valence-corrected chi connectivity index (χ0v) is 29.1. The Balaban J connectivity index is 1.24. The van der Waals surface area contributed by atoms with E-state index in [1.54, 1.807) is 0 Å². The Morgan fingerprint density at radius 1 is 0.407 bits per heavy atom. The van der Waals surface area contributed by atoms with E-state index < -0.39 is 5.41 Å². The van der Waals surface area contributed by atoms with Crippen LogP contribution in [0.3, 0.4) is 0 Å². The van der Waals surface area contributed by atoms with Crippen LogP contribution in [-0.4, -0.2) is 15.0 Å². The molecule has 2 aliphatic rings. The summed E-state index contributed by atoms with van der Waals surface area (Å²) in [6.45, 7) is 0. The van der Waals surface area contributed by atoms with E-state index >= 15 is 0 Å². The standard InChI is InChI=1S/C50H31N3O/c1-3-14-32(15-4-1)45-30-46(33-16-5-2-6-17-33)53-49(52-45)40-23-13-27-44-48(40)54-47-39(36-21-11-18-34-31-51-29-28-35(34)36)22-12-26-43(47)50(44)41-24-9-7-19-37(41)38-20-8-10-25-42(38)50/h1-31H. The summed E-state index contributed by atoms with van der Waals surface area (Å²) in [5.74, 6) is 2.20. The lowest BCUT2D eigenvalue weighted by atomic mass is 9.65. The van der Waals surface area contributed by atoms with Crippen LogP contribution in [0.15, 0.2) is 188 Å². The van der Waals surface area contributed by atoms with Crippen LogP contribution in [0.2, 0.25) is 0 Å². The maximum absolute atomic E-state index is 7.41. The lowest BCUT2D eigenvalue weighted by Crippen LogP contribution is -2.32. The van der Waals surface area contributed by atoms with Crippen LogP contribution in [0, 0.1) is 0 Å². The van der Waals surface area contributed by atoms with E-state index in [2.05, 4.69) is 145 Å². The molecule has 1 aliphatic carbocycles. The van der Waals surface area contributed by atoms with Crippen LogP contribution in [0.5, 0.6) is 11.5 Å². The van der Waals surface area contributed by atoms with Gasteiger partial charge in [-0.2, -0.15) is 0 Å². The molecular weight excluding hydrogens is 659 g/mol. The van der Waals surface area contributed by atoms with Gasteiger partial charge in [-0.15, -0.1) is 0 Å². The SMILES string of the molecule is c1ccc(-c2cc(-c3ccccc3)nc(-c3cccc4c3Oc3c(-c5cccc6cnccc56)cccc3C43c4ccccc4-c4ccccc43)n2)cc1. The minimum atomic E-state index is -0.659. The Hall–Kier alpha value is -7.17. The van der Waals surface area contributed by atoms with Crippen molar-refractivity contribution in [2.45, 2.75) is 5.41 Å². The molecule has 9 aromatic rings. The summed E-state index contributed by atoms with van der Waals surface area (Å²) in [5.41, 5.74) is 13.2. The third kappa shape index (κ3) is 4.40. The fourth-order valence-corrected chi connectivity index (χ4v) is 8.77. The van der Waals surface area contributed by atoms with Gasteiger partial charge in [0.2, 0.25) is 0 Å². The molecule has 0 atom stereocenters. The van der Waals surface area contributed by atoms with Gasteiger partial charge in [-0.1, -0.05) is 158 Å². The van der Waals surface area contributed by atoms with Gasteiger partial charge >= 0.3 is 0 Å². The first-order valence-corrected chi connectivity index (χ1v) is 18.3. The quantitative estimate of drug-likeness (QED) is 0.185. The Morgan fingerprint density at radius 3 is 1.56 bits per heavy atom. The first kappa shape index (κ1) is 30.5. The number of ether oxygens (including phenoxy) is 1. The van der Waals surface area contributed by atoms with E-state index in [9.17, 15) is 0 Å². The van der Waals surface area contributed by atoms with Gasteiger partial charge in [0.25, 0.3) is 0 Å². The molecular formula is C50H31N3O. The molecule has 11 rings (SSSR count). The monoisotopic (exact) mass is 689 g/mol. The van der Waals surface area contributed by atoms with Crippen molar-refractivity contribution in [3.05, 3.63) is 211 Å². The van der Waals surface area contributed by atoms with Gasteiger partial charge in [0, 0.05) is 45.6 Å². The molecule has 4 nitrogen and oxygen atoms in total. The molecule has 54 heavy (non-hydrogen) atoms. The van der Waals surface area contributed by atoms with Crippen LogP contribution in [0.1, 0.15) is 22.3 Å². The Labute approximate surface area is 313 Å². The second-order valence-corrected chi connectivity index (χ2v) is 13.9. The van der Waals surface area contributed by atoms with Crippen molar-refractivity contribution in [3.63, 3.8) is 0 Å². The zero-order valence-electron chi connectivity index (χ0n) is 29.1. The highest BCUT2D eigenvalue weighted by atomic mass is 16.5. The third-order valence-electron chi connectivity index (χ3n) is 11.1. The van der Waals surface area contributed by atoms with Crippen LogP contribution in [0.25, 0.3) is 66.9 Å². The van der Waals surface area contributed by atoms with E-state index in [1.807, 2.05) is 48.8 Å². The van der Waals surface area contributed by atoms with Crippen molar-refractivity contribution >= 4 is 10.8 Å². The van der Waals surface area contributed by atoms with Crippen LogP contribution in [0.4, 0.5) is 0 Å². The van der Waals surface area contributed by atoms with E-state index in [0.29, 0.717) is 5.82 Å². The lowest BCUT2D eigenvalue weighted by molar-refractivity contribution is 0.439. The zero-order chi connectivity index (χ0) is 35.6. The highest BCUT2D eigenvalue weighted by Crippen LogP contribution is 2.64. The van der Waals surface area contributed by atoms with Crippen molar-refractivity contribution in [2.24, 2.45) is 0 Å². The Bertz CT molecular complexity index is 2810. The van der Waals surface area contributed by atoms with Gasteiger partial charge in [-0.3, -0.25) is 4.98 Å². The first-order valence-electron chi connectivity index (χ1n) is 18.3. The molecule has 252 valence electrons. The van der Waals surface area contributed by atoms with Gasteiger partial charge in [-0.25, -0.2) is 9.97 Å². The van der Waals surface area contributed by atoms with Gasteiger partial charge in [0.1, 0.15) is 11.5 Å². The average Bonchev–Trinajstić information content (AvgIpc) is 3.54. The minimum absolute atomic E-state index is 0.610. The topological polar surface area (TPSA) is 47.9 Å². The number of pyridine rings is 1. The normalized spacial score (nSPS) is 13.1. The number of nitrogens with zero attached hydrogens (tertiary/aromatic N) is 3. The number of rotatable bonds is 4. The second-order valence-electron chi connectivity index (χ2n) is 13.9. The van der Waals surface area contributed by atoms with Crippen LogP contribution >= 0.6 is 0 Å². The number of aromatic nitrogens is 3. The predicted molar refractivity (Wildman–Crippen MR) is 216 cm³/mol. The molecule has 0 saturated heterocycles. The van der Waals surface area contributed by atoms with Crippen molar-refractivity contribution < 1.29 is 4.74 Å². The first-order chi connectivity index (χ1) is 26.8. The molecule has 2 aromatic heterocycles. The van der Waals surface area contributed by atoms with Crippen molar-refractivity contribution in [1.82, 2.24) is 15.0 Å². The third-order valence-corrected chi connectivity index (χ3v) is 11.1. The fourth-order valence-electron chi connectivity index (χ4n) is 8.77. The maximum atomic E-state index is 7.41. The molecule has 0 unspecified atom stereocenters. The molecule has 0 amide bonds. The molecule has 1 spiro atoms. The highest BCUT2D eigenvalue weighted by molar-refractivity contribution is 5.99. The molecule has 1 aliphatic heterocycles. The highest BCUT2D eigenvalue weighted by Gasteiger charge is 2.52. The van der Waals surface area contributed by atoms with E-state index in [0.717, 1.165) is 72.6 Å². The molecule has 0 saturated carbocycles. The van der Waals surface area contributed by atoms with Crippen LogP contribution < -0.4 is 4.74 Å². The molecule has 0 fully saturated rings. The fraction of sp³-hybridized carbons (Fsp3) is 0.0200. The van der Waals surface area contributed by atoms with Gasteiger partial charge in [0.15, 0.2) is 5.82 Å². The lowest BCUT2D eigenvalue weighted by Gasteiger charge is -2.40. The van der Waals surface area contributed by atoms with Gasteiger partial charge in [0.05, 0.1) is 22.4 Å². The van der Waals surface area contributed by atoms with E-state index in [4.69, 9.17) is 14.7 Å². The smallest absolute Gasteiger partial charge is 0.164 e. The summed E-state index contributed by atoms with van der Waals surface area (Å²) in [5, 5.41) is 2.20. The molecule has 0 bridgehead atoms. The predicted octanol–water partition coefficient (Wildman–Crippen LogP) is 12.2. The van der Waals surface area contributed by atoms with Gasteiger partial charge < -0.3 is 4.74 Å². The van der Waals surface area contributed by atoms with E-state index in [-0.39, 0.29) is 0 Å². The minimum Gasteiger partial charge on any atom is -0.455 e. The summed E-state index contributed by atoms with van der Waals surface area (Å²) in [6, 6.07) is 62.0. The second kappa shape index (κ2) is 11.9.